The van der Waals surface area contributed by atoms with E-state index in [2.05, 4.69) is 25.6 Å². The Morgan fingerprint density at radius 1 is 0.697 bits per heavy atom. The van der Waals surface area contributed by atoms with Gasteiger partial charge in [-0.05, 0) is 131 Å². The molecule has 0 radical (unpaired) electrons. The van der Waals surface area contributed by atoms with Crippen molar-refractivity contribution >= 4 is 0 Å². The third kappa shape index (κ3) is 6.67. The predicted octanol–water partition coefficient (Wildman–Crippen LogP) is 9.87. The van der Waals surface area contributed by atoms with E-state index in [1.54, 1.807) is 0 Å². The summed E-state index contributed by atoms with van der Waals surface area (Å²) in [4.78, 5) is 0. The van der Waals surface area contributed by atoms with Gasteiger partial charge in [0.2, 0.25) is 0 Å². The first-order valence-electron chi connectivity index (χ1n) is 15.2. The summed E-state index contributed by atoms with van der Waals surface area (Å²) in [6.07, 6.45) is 30.0. The Kier molecular flexibility index (Phi) is 9.42. The largest absolute Gasteiger partial charge is 0.198 e. The Bertz CT molecular complexity index is 611. The van der Waals surface area contributed by atoms with Crippen molar-refractivity contribution in [2.24, 2.45) is 46.8 Å². The van der Waals surface area contributed by atoms with Gasteiger partial charge in [-0.25, -0.2) is 0 Å². The Balaban J connectivity index is 1.15. The van der Waals surface area contributed by atoms with E-state index in [-0.39, 0.29) is 5.41 Å². The third-order valence-electron chi connectivity index (χ3n) is 11.2. The maximum Gasteiger partial charge on any atom is 0.0689 e. The van der Waals surface area contributed by atoms with Crippen LogP contribution in [0.3, 0.4) is 0 Å². The van der Waals surface area contributed by atoms with Crippen LogP contribution in [0.4, 0.5) is 0 Å². The molecule has 33 heavy (non-hydrogen) atoms. The summed E-state index contributed by atoms with van der Waals surface area (Å²) in [7, 11) is 0. The Hall–Kier alpha value is -0.770. The van der Waals surface area contributed by atoms with Crippen molar-refractivity contribution in [1.82, 2.24) is 0 Å². The van der Waals surface area contributed by atoms with Crippen molar-refractivity contribution in [1.29, 1.82) is 5.26 Å². The standard InChI is InChI=1S/C32H53N/c1-3-5-26-8-14-30(15-9-26)31-19-22-32(24-33,23-20-31)21-18-27-10-16-29(17-11-27)28-12-6-25(4-2)7-13-28/h4,25-31H,2-3,5-23H2,1H3. The van der Waals surface area contributed by atoms with E-state index in [0.717, 1.165) is 41.4 Å². The highest BCUT2D eigenvalue weighted by Gasteiger charge is 2.39. The van der Waals surface area contributed by atoms with E-state index >= 15 is 0 Å². The molecule has 1 heteroatoms. The van der Waals surface area contributed by atoms with Crippen LogP contribution in [0.5, 0.6) is 0 Å². The molecule has 4 fully saturated rings. The molecule has 4 aliphatic rings. The van der Waals surface area contributed by atoms with E-state index in [9.17, 15) is 5.26 Å². The lowest BCUT2D eigenvalue weighted by Gasteiger charge is -2.42. The van der Waals surface area contributed by atoms with Gasteiger partial charge in [0.25, 0.3) is 0 Å². The molecule has 0 spiro atoms. The van der Waals surface area contributed by atoms with E-state index in [1.807, 2.05) is 0 Å². The fraction of sp³-hybridized carbons (Fsp3) is 0.906. The molecule has 0 amide bonds. The fourth-order valence-electron chi connectivity index (χ4n) is 8.72. The minimum absolute atomic E-state index is 0.0236. The molecule has 0 unspecified atom stereocenters. The highest BCUT2D eigenvalue weighted by atomic mass is 14.5. The molecule has 0 bridgehead atoms. The van der Waals surface area contributed by atoms with Gasteiger partial charge in [-0.2, -0.15) is 5.26 Å². The molecule has 4 rings (SSSR count). The van der Waals surface area contributed by atoms with Crippen LogP contribution < -0.4 is 0 Å². The van der Waals surface area contributed by atoms with Gasteiger partial charge in [-0.3, -0.25) is 0 Å². The van der Waals surface area contributed by atoms with Crippen LogP contribution in [-0.4, -0.2) is 0 Å². The van der Waals surface area contributed by atoms with Gasteiger partial charge >= 0.3 is 0 Å². The second-order valence-corrected chi connectivity index (χ2v) is 13.0. The summed E-state index contributed by atoms with van der Waals surface area (Å²) >= 11 is 0. The Morgan fingerprint density at radius 3 is 1.61 bits per heavy atom. The maximum atomic E-state index is 10.2. The van der Waals surface area contributed by atoms with Crippen molar-refractivity contribution in [3.63, 3.8) is 0 Å². The topological polar surface area (TPSA) is 23.8 Å². The van der Waals surface area contributed by atoms with Gasteiger partial charge in [0.05, 0.1) is 11.5 Å². The molecular weight excluding hydrogens is 398 g/mol. The lowest BCUT2D eigenvalue weighted by atomic mass is 9.62. The molecule has 0 aliphatic heterocycles. The third-order valence-corrected chi connectivity index (χ3v) is 11.2. The predicted molar refractivity (Wildman–Crippen MR) is 141 cm³/mol. The first kappa shape index (κ1) is 25.3. The second-order valence-electron chi connectivity index (χ2n) is 13.0. The van der Waals surface area contributed by atoms with Gasteiger partial charge in [0.15, 0.2) is 0 Å². The maximum absolute atomic E-state index is 10.2. The summed E-state index contributed by atoms with van der Waals surface area (Å²) in [5.74, 6) is 6.63. The fourth-order valence-corrected chi connectivity index (χ4v) is 8.72. The normalized spacial score (nSPS) is 42.4. The van der Waals surface area contributed by atoms with Gasteiger partial charge in [0.1, 0.15) is 0 Å². The number of hydrogen-bond donors (Lipinski definition) is 0. The minimum atomic E-state index is 0.0236. The van der Waals surface area contributed by atoms with Crippen LogP contribution >= 0.6 is 0 Å². The SMILES string of the molecule is C=CC1CCC(C2CCC(CCC3(C#N)CCC(C4CCC(CCC)CC4)CC3)CC2)CC1. The second kappa shape index (κ2) is 12.3. The summed E-state index contributed by atoms with van der Waals surface area (Å²) in [5.41, 5.74) is 0.0236. The molecule has 0 N–H and O–H groups in total. The zero-order chi connectivity index (χ0) is 23.1. The number of rotatable bonds is 8. The zero-order valence-electron chi connectivity index (χ0n) is 21.9. The summed E-state index contributed by atoms with van der Waals surface area (Å²) < 4.78 is 0. The van der Waals surface area contributed by atoms with Crippen molar-refractivity contribution in [3.05, 3.63) is 12.7 Å². The molecule has 186 valence electrons. The number of hydrogen-bond acceptors (Lipinski definition) is 1. The summed E-state index contributed by atoms with van der Waals surface area (Å²) in [6, 6.07) is 2.87. The first-order chi connectivity index (χ1) is 16.1. The van der Waals surface area contributed by atoms with Crippen LogP contribution in [0, 0.1) is 58.2 Å². The van der Waals surface area contributed by atoms with Gasteiger partial charge in [0, 0.05) is 0 Å². The molecule has 0 aromatic carbocycles. The average Bonchev–Trinajstić information content (AvgIpc) is 2.89. The number of allylic oxidation sites excluding steroid dienone is 1. The minimum Gasteiger partial charge on any atom is -0.198 e. The quantitative estimate of drug-likeness (QED) is 0.337. The molecule has 0 atom stereocenters. The molecule has 0 aromatic heterocycles. The average molecular weight is 452 g/mol. The highest BCUT2D eigenvalue weighted by molar-refractivity contribution is 5.02. The highest BCUT2D eigenvalue weighted by Crippen LogP contribution is 2.49. The van der Waals surface area contributed by atoms with E-state index in [4.69, 9.17) is 0 Å². The monoisotopic (exact) mass is 451 g/mol. The van der Waals surface area contributed by atoms with Crippen molar-refractivity contribution in [2.45, 2.75) is 135 Å². The Morgan fingerprint density at radius 2 is 1.15 bits per heavy atom. The Labute approximate surface area is 206 Å². The molecule has 4 saturated carbocycles. The number of nitriles is 1. The molecule has 4 aliphatic carbocycles. The van der Waals surface area contributed by atoms with Crippen molar-refractivity contribution in [2.75, 3.05) is 0 Å². The molecule has 1 nitrogen and oxygen atoms in total. The zero-order valence-corrected chi connectivity index (χ0v) is 21.9. The lowest BCUT2D eigenvalue weighted by molar-refractivity contribution is 0.105. The van der Waals surface area contributed by atoms with Gasteiger partial charge in [-0.15, -0.1) is 6.58 Å². The van der Waals surface area contributed by atoms with E-state index in [0.29, 0.717) is 0 Å². The van der Waals surface area contributed by atoms with Crippen LogP contribution in [-0.2, 0) is 0 Å². The molecule has 0 saturated heterocycles. The van der Waals surface area contributed by atoms with E-state index in [1.165, 1.54) is 128 Å². The van der Waals surface area contributed by atoms with Crippen molar-refractivity contribution in [3.8, 4) is 6.07 Å². The van der Waals surface area contributed by atoms with Crippen LogP contribution in [0.15, 0.2) is 12.7 Å². The van der Waals surface area contributed by atoms with Crippen molar-refractivity contribution < 1.29 is 0 Å². The van der Waals surface area contributed by atoms with Crippen LogP contribution in [0.1, 0.15) is 135 Å². The first-order valence-corrected chi connectivity index (χ1v) is 15.2. The summed E-state index contributed by atoms with van der Waals surface area (Å²) in [5, 5.41) is 10.2. The molecule has 0 aromatic rings. The molecule has 0 heterocycles. The lowest BCUT2D eigenvalue weighted by Crippen LogP contribution is -2.32. The number of nitrogens with zero attached hydrogens (tertiary/aromatic N) is 1. The molecular formula is C32H53N. The summed E-state index contributed by atoms with van der Waals surface area (Å²) in [6.45, 7) is 6.36. The van der Waals surface area contributed by atoms with Crippen LogP contribution in [0.25, 0.3) is 0 Å². The van der Waals surface area contributed by atoms with E-state index < -0.39 is 0 Å². The smallest absolute Gasteiger partial charge is 0.0689 e. The van der Waals surface area contributed by atoms with Crippen LogP contribution in [0.2, 0.25) is 0 Å². The van der Waals surface area contributed by atoms with Gasteiger partial charge < -0.3 is 0 Å². The van der Waals surface area contributed by atoms with Gasteiger partial charge in [-0.1, -0.05) is 51.5 Å².